The van der Waals surface area contributed by atoms with Crippen molar-refractivity contribution < 1.29 is 9.52 Å². The molecule has 1 aliphatic carbocycles. The predicted octanol–water partition coefficient (Wildman–Crippen LogP) is 1.65. The molecule has 0 aromatic carbocycles. The number of rotatable bonds is 2. The standard InChI is InChI=1S/C8H10O2/c9-5-7-3-4-8(10-7)6-1-2-6/h3-4,6,9H,1-2,5H2. The lowest BCUT2D eigenvalue weighted by atomic mass is 10.3. The molecule has 2 rings (SSSR count). The third-order valence-corrected chi connectivity index (χ3v) is 1.82. The Morgan fingerprint density at radius 2 is 2.30 bits per heavy atom. The van der Waals surface area contributed by atoms with E-state index in [4.69, 9.17) is 9.52 Å². The Bertz CT molecular complexity index is 223. The quantitative estimate of drug-likeness (QED) is 0.674. The average Bonchev–Trinajstić information content (AvgIpc) is 2.70. The fourth-order valence-corrected chi connectivity index (χ4v) is 1.07. The molecule has 0 spiro atoms. The Morgan fingerprint density at radius 3 is 2.80 bits per heavy atom. The van der Waals surface area contributed by atoms with Gasteiger partial charge in [0.25, 0.3) is 0 Å². The second kappa shape index (κ2) is 2.13. The van der Waals surface area contributed by atoms with Crippen LogP contribution in [0.5, 0.6) is 0 Å². The van der Waals surface area contributed by atoms with Crippen molar-refractivity contribution in [3.63, 3.8) is 0 Å². The summed E-state index contributed by atoms with van der Waals surface area (Å²) in [7, 11) is 0. The summed E-state index contributed by atoms with van der Waals surface area (Å²) in [5, 5.41) is 8.66. The van der Waals surface area contributed by atoms with Gasteiger partial charge in [-0.2, -0.15) is 0 Å². The maximum Gasteiger partial charge on any atom is 0.129 e. The second-order valence-corrected chi connectivity index (χ2v) is 2.74. The van der Waals surface area contributed by atoms with Crippen molar-refractivity contribution in [2.24, 2.45) is 0 Å². The molecule has 0 unspecified atom stereocenters. The number of aliphatic hydroxyl groups is 1. The van der Waals surface area contributed by atoms with Gasteiger partial charge in [-0.1, -0.05) is 0 Å². The highest BCUT2D eigenvalue weighted by Crippen LogP contribution is 2.40. The lowest BCUT2D eigenvalue weighted by Crippen LogP contribution is -1.75. The highest BCUT2D eigenvalue weighted by atomic mass is 16.4. The first-order chi connectivity index (χ1) is 4.90. The maximum absolute atomic E-state index is 8.66. The van der Waals surface area contributed by atoms with Crippen molar-refractivity contribution in [1.82, 2.24) is 0 Å². The molecule has 1 aliphatic rings. The summed E-state index contributed by atoms with van der Waals surface area (Å²) in [6.45, 7) is 0.0206. The average molecular weight is 138 g/mol. The topological polar surface area (TPSA) is 33.4 Å². The monoisotopic (exact) mass is 138 g/mol. The summed E-state index contributed by atoms with van der Waals surface area (Å²) >= 11 is 0. The van der Waals surface area contributed by atoms with E-state index in [1.54, 1.807) is 0 Å². The third kappa shape index (κ3) is 0.948. The molecular formula is C8H10O2. The summed E-state index contributed by atoms with van der Waals surface area (Å²) in [5.41, 5.74) is 0. The van der Waals surface area contributed by atoms with Crippen LogP contribution in [0.1, 0.15) is 30.3 Å². The summed E-state index contributed by atoms with van der Waals surface area (Å²) in [6.07, 6.45) is 2.50. The van der Waals surface area contributed by atoms with E-state index in [-0.39, 0.29) is 6.61 Å². The molecule has 1 fully saturated rings. The minimum absolute atomic E-state index is 0.0206. The molecule has 54 valence electrons. The molecule has 0 aliphatic heterocycles. The Balaban J connectivity index is 2.19. The highest BCUT2D eigenvalue weighted by Gasteiger charge is 2.26. The van der Waals surface area contributed by atoms with Crippen LogP contribution in [0.4, 0.5) is 0 Å². The minimum Gasteiger partial charge on any atom is -0.463 e. The van der Waals surface area contributed by atoms with E-state index in [9.17, 15) is 0 Å². The highest BCUT2D eigenvalue weighted by molar-refractivity contribution is 5.14. The van der Waals surface area contributed by atoms with Crippen LogP contribution >= 0.6 is 0 Å². The predicted molar refractivity (Wildman–Crippen MR) is 36.6 cm³/mol. The Labute approximate surface area is 59.5 Å². The first-order valence-corrected chi connectivity index (χ1v) is 3.59. The zero-order chi connectivity index (χ0) is 6.97. The largest absolute Gasteiger partial charge is 0.463 e. The van der Waals surface area contributed by atoms with Gasteiger partial charge in [0.2, 0.25) is 0 Å². The zero-order valence-corrected chi connectivity index (χ0v) is 5.71. The molecule has 0 atom stereocenters. The van der Waals surface area contributed by atoms with E-state index in [1.807, 2.05) is 12.1 Å². The van der Waals surface area contributed by atoms with Crippen molar-refractivity contribution in [1.29, 1.82) is 0 Å². The van der Waals surface area contributed by atoms with E-state index in [0.717, 1.165) is 5.76 Å². The number of furan rings is 1. The molecule has 0 radical (unpaired) electrons. The van der Waals surface area contributed by atoms with Crippen LogP contribution in [0.15, 0.2) is 16.5 Å². The number of hydrogen-bond acceptors (Lipinski definition) is 2. The first kappa shape index (κ1) is 5.98. The molecule has 0 bridgehead atoms. The second-order valence-electron chi connectivity index (χ2n) is 2.74. The van der Waals surface area contributed by atoms with Gasteiger partial charge in [0.05, 0.1) is 0 Å². The Morgan fingerprint density at radius 1 is 1.50 bits per heavy atom. The van der Waals surface area contributed by atoms with Gasteiger partial charge in [-0.15, -0.1) is 0 Å². The third-order valence-electron chi connectivity index (χ3n) is 1.82. The summed E-state index contributed by atoms with van der Waals surface area (Å²) < 4.78 is 5.31. The normalized spacial score (nSPS) is 17.7. The van der Waals surface area contributed by atoms with Crippen LogP contribution in [0.3, 0.4) is 0 Å². The molecule has 2 heteroatoms. The van der Waals surface area contributed by atoms with Crippen molar-refractivity contribution >= 4 is 0 Å². The van der Waals surface area contributed by atoms with Gasteiger partial charge >= 0.3 is 0 Å². The van der Waals surface area contributed by atoms with Crippen molar-refractivity contribution in [3.05, 3.63) is 23.7 Å². The molecule has 1 aromatic heterocycles. The molecule has 0 saturated heterocycles. The molecule has 1 aromatic rings. The Hall–Kier alpha value is -0.760. The van der Waals surface area contributed by atoms with Gasteiger partial charge in [-0.25, -0.2) is 0 Å². The van der Waals surface area contributed by atoms with Crippen molar-refractivity contribution in [2.75, 3.05) is 0 Å². The van der Waals surface area contributed by atoms with E-state index < -0.39 is 0 Å². The lowest BCUT2D eigenvalue weighted by Gasteiger charge is -1.88. The van der Waals surface area contributed by atoms with Gasteiger partial charge in [0, 0.05) is 5.92 Å². The summed E-state index contributed by atoms with van der Waals surface area (Å²) in [5.74, 6) is 2.38. The molecular weight excluding hydrogens is 128 g/mol. The molecule has 2 nitrogen and oxygen atoms in total. The van der Waals surface area contributed by atoms with Crippen LogP contribution in [0.25, 0.3) is 0 Å². The van der Waals surface area contributed by atoms with Crippen LogP contribution in [0.2, 0.25) is 0 Å². The van der Waals surface area contributed by atoms with E-state index in [0.29, 0.717) is 11.7 Å². The Kier molecular flexibility index (Phi) is 1.27. The molecule has 0 amide bonds. The maximum atomic E-state index is 8.66. The zero-order valence-electron chi connectivity index (χ0n) is 5.71. The van der Waals surface area contributed by atoms with E-state index >= 15 is 0 Å². The van der Waals surface area contributed by atoms with Gasteiger partial charge in [0.1, 0.15) is 18.1 Å². The number of hydrogen-bond donors (Lipinski definition) is 1. The fourth-order valence-electron chi connectivity index (χ4n) is 1.07. The van der Waals surface area contributed by atoms with Crippen LogP contribution in [0, 0.1) is 0 Å². The lowest BCUT2D eigenvalue weighted by molar-refractivity contribution is 0.243. The van der Waals surface area contributed by atoms with Crippen molar-refractivity contribution in [2.45, 2.75) is 25.4 Å². The fraction of sp³-hybridized carbons (Fsp3) is 0.500. The SMILES string of the molecule is OCc1ccc(C2CC2)o1. The molecule has 10 heavy (non-hydrogen) atoms. The van der Waals surface area contributed by atoms with Crippen LogP contribution in [-0.4, -0.2) is 5.11 Å². The number of aliphatic hydroxyl groups excluding tert-OH is 1. The summed E-state index contributed by atoms with van der Waals surface area (Å²) in [4.78, 5) is 0. The van der Waals surface area contributed by atoms with E-state index in [2.05, 4.69) is 0 Å². The van der Waals surface area contributed by atoms with Gasteiger partial charge in [-0.05, 0) is 25.0 Å². The van der Waals surface area contributed by atoms with Crippen LogP contribution < -0.4 is 0 Å². The smallest absolute Gasteiger partial charge is 0.129 e. The summed E-state index contributed by atoms with van der Waals surface area (Å²) in [6, 6.07) is 3.80. The van der Waals surface area contributed by atoms with Gasteiger partial charge in [-0.3, -0.25) is 0 Å². The van der Waals surface area contributed by atoms with Crippen LogP contribution in [-0.2, 0) is 6.61 Å². The molecule has 1 N–H and O–H groups in total. The van der Waals surface area contributed by atoms with Gasteiger partial charge in [0.15, 0.2) is 0 Å². The van der Waals surface area contributed by atoms with Crippen molar-refractivity contribution in [3.8, 4) is 0 Å². The van der Waals surface area contributed by atoms with Gasteiger partial charge < -0.3 is 9.52 Å². The molecule has 1 saturated carbocycles. The first-order valence-electron chi connectivity index (χ1n) is 3.59. The minimum atomic E-state index is 0.0206. The van der Waals surface area contributed by atoms with E-state index in [1.165, 1.54) is 12.8 Å². The molecule has 1 heterocycles.